The zero-order valence-corrected chi connectivity index (χ0v) is 13.1. The molecule has 1 aliphatic rings. The Balaban J connectivity index is 2.14. The minimum Gasteiger partial charge on any atom is -0.507 e. The molecule has 2 aromatic rings. The smallest absolute Gasteiger partial charge is 0.198 e. The van der Waals surface area contributed by atoms with E-state index in [1.165, 1.54) is 6.07 Å². The maximum absolute atomic E-state index is 12.8. The fraction of sp³-hybridized carbons (Fsp3) is 0.222. The molecule has 0 heterocycles. The minimum atomic E-state index is -0.277. The summed E-state index contributed by atoms with van der Waals surface area (Å²) >= 11 is 1.56. The number of rotatable bonds is 4. The lowest BCUT2D eigenvalue weighted by Crippen LogP contribution is -2.21. The van der Waals surface area contributed by atoms with Gasteiger partial charge in [0.05, 0.1) is 11.1 Å². The van der Waals surface area contributed by atoms with Crippen molar-refractivity contribution in [2.75, 3.05) is 5.75 Å². The van der Waals surface area contributed by atoms with Crippen LogP contribution < -0.4 is 0 Å². The monoisotopic (exact) mass is 312 g/mol. The summed E-state index contributed by atoms with van der Waals surface area (Å²) < 4.78 is 0. The van der Waals surface area contributed by atoms with Crippen LogP contribution in [0.3, 0.4) is 0 Å². The second-order valence-electron chi connectivity index (χ2n) is 5.24. The van der Waals surface area contributed by atoms with Gasteiger partial charge in [0.25, 0.3) is 0 Å². The van der Waals surface area contributed by atoms with Crippen molar-refractivity contribution in [1.82, 2.24) is 0 Å². The highest BCUT2D eigenvalue weighted by Gasteiger charge is 2.33. The highest BCUT2D eigenvalue weighted by molar-refractivity contribution is 7.99. The quantitative estimate of drug-likeness (QED) is 0.583. The first kappa shape index (κ1) is 14.9. The molecule has 3 nitrogen and oxygen atoms in total. The van der Waals surface area contributed by atoms with Gasteiger partial charge in [0, 0.05) is 16.0 Å². The molecule has 0 amide bonds. The number of hydrogen-bond donors (Lipinski definition) is 1. The van der Waals surface area contributed by atoms with Crippen LogP contribution in [0.2, 0.25) is 0 Å². The van der Waals surface area contributed by atoms with Gasteiger partial charge in [-0.25, -0.2) is 0 Å². The van der Waals surface area contributed by atoms with Crippen LogP contribution >= 0.6 is 11.8 Å². The Morgan fingerprint density at radius 1 is 0.955 bits per heavy atom. The van der Waals surface area contributed by atoms with E-state index in [0.717, 1.165) is 23.5 Å². The van der Waals surface area contributed by atoms with E-state index in [9.17, 15) is 14.7 Å². The van der Waals surface area contributed by atoms with Crippen molar-refractivity contribution in [3.8, 4) is 5.75 Å². The summed E-state index contributed by atoms with van der Waals surface area (Å²) in [5.74, 6) is 0.306. The first-order chi connectivity index (χ1) is 10.6. The maximum Gasteiger partial charge on any atom is 0.198 e. The molecule has 0 aromatic heterocycles. The van der Waals surface area contributed by atoms with E-state index in [4.69, 9.17) is 0 Å². The van der Waals surface area contributed by atoms with E-state index in [-0.39, 0.29) is 22.9 Å². The zero-order chi connectivity index (χ0) is 15.7. The van der Waals surface area contributed by atoms with Crippen molar-refractivity contribution < 1.29 is 14.7 Å². The third kappa shape index (κ3) is 2.33. The summed E-state index contributed by atoms with van der Waals surface area (Å²) in [6.07, 6.45) is 2.11. The number of ketones is 2. The predicted molar refractivity (Wildman–Crippen MR) is 87.0 cm³/mol. The van der Waals surface area contributed by atoms with Crippen molar-refractivity contribution in [2.24, 2.45) is 0 Å². The number of hydrogen-bond acceptors (Lipinski definition) is 4. The molecule has 1 aliphatic carbocycles. The number of thioether (sulfide) groups is 1. The molecule has 1 N–H and O–H groups in total. The number of fused-ring (bicyclic) bond motifs is 2. The van der Waals surface area contributed by atoms with Gasteiger partial charge in [-0.3, -0.25) is 9.59 Å². The van der Waals surface area contributed by atoms with Gasteiger partial charge in [0.15, 0.2) is 11.6 Å². The van der Waals surface area contributed by atoms with Crippen LogP contribution in [-0.2, 0) is 0 Å². The van der Waals surface area contributed by atoms with Gasteiger partial charge in [-0.1, -0.05) is 37.6 Å². The number of carbonyl (C=O) groups excluding carboxylic acids is 2. The van der Waals surface area contributed by atoms with Gasteiger partial charge in [-0.2, -0.15) is 0 Å². The van der Waals surface area contributed by atoms with E-state index in [0.29, 0.717) is 16.7 Å². The normalized spacial score (nSPS) is 13.0. The van der Waals surface area contributed by atoms with Crippen molar-refractivity contribution in [2.45, 2.75) is 24.7 Å². The van der Waals surface area contributed by atoms with Gasteiger partial charge in [0.2, 0.25) is 0 Å². The lowest BCUT2D eigenvalue weighted by atomic mass is 9.83. The third-order valence-corrected chi connectivity index (χ3v) is 4.92. The van der Waals surface area contributed by atoms with Crippen LogP contribution in [0.5, 0.6) is 5.75 Å². The second-order valence-corrected chi connectivity index (χ2v) is 6.38. The molecule has 112 valence electrons. The van der Waals surface area contributed by atoms with E-state index >= 15 is 0 Å². The fourth-order valence-electron chi connectivity index (χ4n) is 2.62. The molecule has 0 radical (unpaired) electrons. The molecule has 3 rings (SSSR count). The summed E-state index contributed by atoms with van der Waals surface area (Å²) in [4.78, 5) is 26.2. The molecule has 0 fully saturated rings. The molecule has 0 saturated carbocycles. The number of phenols is 1. The largest absolute Gasteiger partial charge is 0.507 e. The van der Waals surface area contributed by atoms with Gasteiger partial charge in [0.1, 0.15) is 5.75 Å². The predicted octanol–water partition coefficient (Wildman–Crippen LogP) is 4.06. The molecule has 0 atom stereocenters. The lowest BCUT2D eigenvalue weighted by molar-refractivity contribution is 0.0974. The van der Waals surface area contributed by atoms with Gasteiger partial charge < -0.3 is 5.11 Å². The van der Waals surface area contributed by atoms with Crippen molar-refractivity contribution >= 4 is 23.3 Å². The lowest BCUT2D eigenvalue weighted by Gasteiger charge is -2.20. The number of aromatic hydroxyl groups is 1. The van der Waals surface area contributed by atoms with Gasteiger partial charge >= 0.3 is 0 Å². The Hall–Kier alpha value is -2.07. The van der Waals surface area contributed by atoms with Gasteiger partial charge in [-0.05, 0) is 24.3 Å². The highest BCUT2D eigenvalue weighted by Crippen LogP contribution is 2.38. The van der Waals surface area contributed by atoms with E-state index in [1.807, 2.05) is 0 Å². The van der Waals surface area contributed by atoms with Crippen molar-refractivity contribution in [1.29, 1.82) is 0 Å². The summed E-state index contributed by atoms with van der Waals surface area (Å²) in [5, 5.41) is 10.1. The summed E-state index contributed by atoms with van der Waals surface area (Å²) in [6.45, 7) is 2.11. The molecule has 4 heteroatoms. The second kappa shape index (κ2) is 5.97. The first-order valence-corrected chi connectivity index (χ1v) is 8.31. The SMILES string of the molecule is CCCCSc1ccc(O)c2c1C(=O)c1ccccc1C2=O. The molecule has 22 heavy (non-hydrogen) atoms. The van der Waals surface area contributed by atoms with Crippen LogP contribution in [0.25, 0.3) is 0 Å². The number of unbranched alkanes of at least 4 members (excludes halogenated alkanes) is 1. The zero-order valence-electron chi connectivity index (χ0n) is 12.3. The van der Waals surface area contributed by atoms with Crippen LogP contribution in [0.15, 0.2) is 41.3 Å². The molecule has 2 aromatic carbocycles. The average Bonchev–Trinajstić information content (AvgIpc) is 2.54. The molecule has 0 saturated heterocycles. The van der Waals surface area contributed by atoms with Crippen LogP contribution in [-0.4, -0.2) is 22.4 Å². The third-order valence-electron chi connectivity index (χ3n) is 3.77. The number of phenolic OH excluding ortho intramolecular Hbond substituents is 1. The Labute approximate surface area is 133 Å². The van der Waals surface area contributed by atoms with Crippen LogP contribution in [0, 0.1) is 0 Å². The first-order valence-electron chi connectivity index (χ1n) is 7.32. The number of benzene rings is 2. The summed E-state index contributed by atoms with van der Waals surface area (Å²) in [5.41, 5.74) is 1.28. The molecule has 0 spiro atoms. The Kier molecular flexibility index (Phi) is 4.03. The van der Waals surface area contributed by atoms with Crippen LogP contribution in [0.1, 0.15) is 51.6 Å². The topological polar surface area (TPSA) is 54.4 Å². The standard InChI is InChI=1S/C18H16O3S/c1-2-3-10-22-14-9-8-13(19)15-16(14)18(21)12-7-5-4-6-11(12)17(15)20/h4-9,19H,2-3,10H2,1H3. The molecule has 0 aliphatic heterocycles. The van der Waals surface area contributed by atoms with Crippen molar-refractivity contribution in [3.63, 3.8) is 0 Å². The van der Waals surface area contributed by atoms with E-state index in [1.54, 1.807) is 42.1 Å². The summed E-state index contributed by atoms with van der Waals surface area (Å²) in [7, 11) is 0. The number of carbonyl (C=O) groups is 2. The molecule has 0 bridgehead atoms. The summed E-state index contributed by atoms with van der Waals surface area (Å²) in [6, 6.07) is 10.0. The average molecular weight is 312 g/mol. The Morgan fingerprint density at radius 2 is 1.59 bits per heavy atom. The maximum atomic E-state index is 12.8. The van der Waals surface area contributed by atoms with Gasteiger partial charge in [-0.15, -0.1) is 11.8 Å². The fourth-order valence-corrected chi connectivity index (χ4v) is 3.78. The minimum absolute atomic E-state index is 0.123. The van der Waals surface area contributed by atoms with E-state index in [2.05, 4.69) is 6.92 Å². The molecular formula is C18H16O3S. The van der Waals surface area contributed by atoms with Crippen LogP contribution in [0.4, 0.5) is 0 Å². The highest BCUT2D eigenvalue weighted by atomic mass is 32.2. The molecule has 0 unspecified atom stereocenters. The van der Waals surface area contributed by atoms with E-state index < -0.39 is 0 Å². The van der Waals surface area contributed by atoms with Crippen molar-refractivity contribution in [3.05, 3.63) is 58.7 Å². The molecular weight excluding hydrogens is 296 g/mol. The Morgan fingerprint density at radius 3 is 2.23 bits per heavy atom. The Bertz CT molecular complexity index is 765.